The number of amides is 4. The fourth-order valence-electron chi connectivity index (χ4n) is 5.79. The second-order valence-electron chi connectivity index (χ2n) is 11.9. The summed E-state index contributed by atoms with van der Waals surface area (Å²) < 4.78 is 77.1. The van der Waals surface area contributed by atoms with Crippen LogP contribution in [-0.2, 0) is 29.0 Å². The lowest BCUT2D eigenvalue weighted by Gasteiger charge is -2.36. The molecule has 40 heavy (non-hydrogen) atoms. The minimum Gasteiger partial charge on any atom is -0.356 e. The number of likely N-dealkylation sites (tertiary alicyclic amines) is 1. The molecule has 3 fully saturated rings. The van der Waals surface area contributed by atoms with E-state index in [1.54, 1.807) is 5.32 Å². The third-order valence-corrected chi connectivity index (χ3v) is 8.65. The third kappa shape index (κ3) is 7.32. The zero-order chi connectivity index (χ0) is 30.2. The van der Waals surface area contributed by atoms with E-state index in [-0.39, 0.29) is 30.7 Å². The van der Waals surface area contributed by atoms with Crippen LogP contribution < -0.4 is 16.0 Å². The quantitative estimate of drug-likeness (QED) is 0.364. The molecule has 0 aromatic carbocycles. The highest BCUT2D eigenvalue weighted by atomic mass is 32.2. The molecule has 3 aliphatic rings. The maximum Gasteiger partial charge on any atom is 0.471 e. The zero-order valence-electron chi connectivity index (χ0n) is 22.8. The van der Waals surface area contributed by atoms with Gasteiger partial charge in [0.2, 0.25) is 32.7 Å². The molecular formula is C25H36F4N4O6S. The minimum absolute atomic E-state index is 0.0826. The summed E-state index contributed by atoms with van der Waals surface area (Å²) in [5.41, 5.74) is -1.14. The third-order valence-electron chi connectivity index (χ3n) is 7.80. The molecule has 0 spiro atoms. The van der Waals surface area contributed by atoms with Gasteiger partial charge in [-0.2, -0.15) is 17.6 Å². The van der Waals surface area contributed by atoms with Crippen molar-refractivity contribution in [2.24, 2.45) is 23.2 Å². The van der Waals surface area contributed by atoms with Crippen molar-refractivity contribution in [1.29, 1.82) is 0 Å². The topological polar surface area (TPSA) is 142 Å². The van der Waals surface area contributed by atoms with Crippen LogP contribution in [0.1, 0.15) is 52.9 Å². The van der Waals surface area contributed by atoms with E-state index in [4.69, 9.17) is 0 Å². The van der Waals surface area contributed by atoms with Crippen molar-refractivity contribution >= 4 is 33.5 Å². The molecule has 2 saturated heterocycles. The lowest BCUT2D eigenvalue weighted by atomic mass is 9.85. The second-order valence-corrected chi connectivity index (χ2v) is 13.9. The van der Waals surface area contributed by atoms with Crippen LogP contribution in [0.5, 0.6) is 0 Å². The first-order valence-electron chi connectivity index (χ1n) is 13.1. The molecule has 226 valence electrons. The van der Waals surface area contributed by atoms with Crippen molar-refractivity contribution in [1.82, 2.24) is 20.9 Å². The summed E-state index contributed by atoms with van der Waals surface area (Å²) in [6.45, 7) is 4.91. The molecule has 6 atom stereocenters. The lowest BCUT2D eigenvalue weighted by Crippen LogP contribution is -2.60. The fraction of sp³-hybridized carbons (Fsp3) is 0.760. The molecule has 0 aromatic heterocycles. The second kappa shape index (κ2) is 11.6. The van der Waals surface area contributed by atoms with E-state index in [1.807, 2.05) is 0 Å². The number of carbonyl (C=O) groups is 4. The van der Waals surface area contributed by atoms with Gasteiger partial charge in [-0.15, -0.1) is 0 Å². The van der Waals surface area contributed by atoms with E-state index in [1.165, 1.54) is 25.7 Å². The normalized spacial score (nSPS) is 27.1. The largest absolute Gasteiger partial charge is 0.471 e. The van der Waals surface area contributed by atoms with Gasteiger partial charge in [0.15, 0.2) is 0 Å². The number of carbonyl (C=O) groups excluding carboxylic acids is 4. The standard InChI is InChI=1S/C25H36F4N4O6S/c1-24(2,3)19(32-23(37)25(27,28)29)22(36)33-12-14-6-5-7-16(14)18(33)21(35)31-15(11-17(26)40(4,38)39)10-13-8-9-30-20(13)34/h11,13-16,18-19H,5-10,12H2,1-4H3,(H,30,34)(H,31,35)(H,32,37)/b17-11+/t13-,14+,15+,16+,18-,19-/m1/s1. The average molecular weight is 597 g/mol. The number of fused-ring (bicyclic) bond motifs is 1. The number of hydrogen-bond donors (Lipinski definition) is 3. The van der Waals surface area contributed by atoms with Crippen LogP contribution >= 0.6 is 0 Å². The molecular weight excluding hydrogens is 560 g/mol. The van der Waals surface area contributed by atoms with Gasteiger partial charge in [-0.05, 0) is 49.0 Å². The van der Waals surface area contributed by atoms with E-state index in [9.17, 15) is 45.2 Å². The van der Waals surface area contributed by atoms with Gasteiger partial charge in [-0.3, -0.25) is 19.2 Å². The highest BCUT2D eigenvalue weighted by Crippen LogP contribution is 2.43. The molecule has 0 aromatic rings. The van der Waals surface area contributed by atoms with Crippen molar-refractivity contribution in [2.45, 2.75) is 77.2 Å². The van der Waals surface area contributed by atoms with Gasteiger partial charge in [0, 0.05) is 25.3 Å². The summed E-state index contributed by atoms with van der Waals surface area (Å²) in [6.07, 6.45) is -1.55. The van der Waals surface area contributed by atoms with E-state index in [0.717, 1.165) is 6.42 Å². The monoisotopic (exact) mass is 596 g/mol. The number of nitrogens with zero attached hydrogens (tertiary/aromatic N) is 1. The molecule has 10 nitrogen and oxygen atoms in total. The van der Waals surface area contributed by atoms with Gasteiger partial charge in [0.1, 0.15) is 12.1 Å². The molecule has 0 bridgehead atoms. The fourth-order valence-corrected chi connectivity index (χ4v) is 6.20. The SMILES string of the molecule is CC(C)(C)[C@H](NC(=O)C(F)(F)F)C(=O)N1C[C@@H]2CCC[C@@H]2[C@@H]1C(=O)N[C@H](/C=C(\F)S(C)(=O)=O)C[C@H]1CCNC1=O. The van der Waals surface area contributed by atoms with Gasteiger partial charge in [0.05, 0.1) is 6.04 Å². The van der Waals surface area contributed by atoms with Crippen molar-refractivity contribution in [3.63, 3.8) is 0 Å². The maximum absolute atomic E-state index is 14.5. The van der Waals surface area contributed by atoms with Gasteiger partial charge in [-0.25, -0.2) is 8.42 Å². The summed E-state index contributed by atoms with van der Waals surface area (Å²) in [7, 11) is -4.24. The molecule has 3 rings (SSSR count). The Morgan fingerprint density at radius 1 is 1.12 bits per heavy atom. The maximum atomic E-state index is 14.5. The molecule has 3 N–H and O–H groups in total. The number of hydrogen-bond acceptors (Lipinski definition) is 6. The van der Waals surface area contributed by atoms with Crippen LogP contribution in [0.25, 0.3) is 0 Å². The summed E-state index contributed by atoms with van der Waals surface area (Å²) in [5, 5.41) is 5.50. The van der Waals surface area contributed by atoms with Crippen molar-refractivity contribution in [3.8, 4) is 0 Å². The zero-order valence-corrected chi connectivity index (χ0v) is 23.6. The van der Waals surface area contributed by atoms with E-state index in [0.29, 0.717) is 38.1 Å². The smallest absolute Gasteiger partial charge is 0.356 e. The Bertz CT molecular complexity index is 1170. The predicted molar refractivity (Wildman–Crippen MR) is 135 cm³/mol. The summed E-state index contributed by atoms with van der Waals surface area (Å²) in [5.74, 6) is -5.25. The first kappa shape index (κ1) is 31.8. The van der Waals surface area contributed by atoms with Gasteiger partial charge in [-0.1, -0.05) is 27.2 Å². The average Bonchev–Trinajstić information content (AvgIpc) is 3.50. The Balaban J connectivity index is 1.91. The molecule has 15 heteroatoms. The van der Waals surface area contributed by atoms with Crippen LogP contribution in [0, 0.1) is 23.2 Å². The Morgan fingerprint density at radius 2 is 1.77 bits per heavy atom. The molecule has 2 heterocycles. The van der Waals surface area contributed by atoms with Crippen LogP contribution in [0.3, 0.4) is 0 Å². The number of rotatable bonds is 8. The summed E-state index contributed by atoms with van der Waals surface area (Å²) in [6, 6.07) is -3.95. The van der Waals surface area contributed by atoms with Crippen LogP contribution in [0.4, 0.5) is 17.6 Å². The Labute approximate surface area is 230 Å². The van der Waals surface area contributed by atoms with Crippen LogP contribution in [-0.4, -0.2) is 80.6 Å². The van der Waals surface area contributed by atoms with E-state index in [2.05, 4.69) is 10.6 Å². The minimum atomic E-state index is -5.22. The van der Waals surface area contributed by atoms with Gasteiger partial charge >= 0.3 is 12.1 Å². The van der Waals surface area contributed by atoms with E-state index < -0.39 is 68.4 Å². The molecule has 0 unspecified atom stereocenters. The Kier molecular flexibility index (Phi) is 9.26. The Hall–Kier alpha value is -2.71. The van der Waals surface area contributed by atoms with Crippen molar-refractivity contribution < 1.29 is 45.2 Å². The number of alkyl halides is 3. The van der Waals surface area contributed by atoms with Gasteiger partial charge in [0.25, 0.3) is 0 Å². The molecule has 4 amide bonds. The summed E-state index contributed by atoms with van der Waals surface area (Å²) in [4.78, 5) is 52.4. The molecule has 0 radical (unpaired) electrons. The molecule has 1 saturated carbocycles. The first-order chi connectivity index (χ1) is 18.3. The number of nitrogens with one attached hydrogen (secondary N) is 3. The van der Waals surface area contributed by atoms with Crippen LogP contribution in [0.15, 0.2) is 11.2 Å². The van der Waals surface area contributed by atoms with E-state index >= 15 is 0 Å². The number of sulfone groups is 1. The van der Waals surface area contributed by atoms with Crippen molar-refractivity contribution in [3.05, 3.63) is 11.2 Å². The predicted octanol–water partition coefficient (Wildman–Crippen LogP) is 1.57. The Morgan fingerprint density at radius 3 is 2.30 bits per heavy atom. The van der Waals surface area contributed by atoms with Crippen LogP contribution in [0.2, 0.25) is 0 Å². The summed E-state index contributed by atoms with van der Waals surface area (Å²) >= 11 is 0. The lowest BCUT2D eigenvalue weighted by molar-refractivity contribution is -0.176. The number of halogens is 4. The molecule has 1 aliphatic carbocycles. The highest BCUT2D eigenvalue weighted by molar-refractivity contribution is 7.94. The first-order valence-corrected chi connectivity index (χ1v) is 15.0. The van der Waals surface area contributed by atoms with Gasteiger partial charge < -0.3 is 20.9 Å². The highest BCUT2D eigenvalue weighted by Gasteiger charge is 2.53. The van der Waals surface area contributed by atoms with Crippen molar-refractivity contribution in [2.75, 3.05) is 19.3 Å². The molecule has 2 aliphatic heterocycles.